The van der Waals surface area contributed by atoms with Crippen LogP contribution in [0.2, 0.25) is 0 Å². The van der Waals surface area contributed by atoms with E-state index in [0.717, 1.165) is 0 Å². The molecule has 0 aliphatic carbocycles. The molecule has 1 N–H and O–H groups in total. The Hall–Kier alpha value is -3.85. The van der Waals surface area contributed by atoms with E-state index in [1.165, 1.54) is 43.6 Å². The maximum atomic E-state index is 13.0. The number of ketones is 1. The Balaban J connectivity index is 1.69. The zero-order valence-electron chi connectivity index (χ0n) is 18.4. The van der Waals surface area contributed by atoms with E-state index in [1.54, 1.807) is 54.6 Å². The smallest absolute Gasteiger partial charge is 0.264 e. The summed E-state index contributed by atoms with van der Waals surface area (Å²) in [4.78, 5) is 23.9. The fourth-order valence-corrected chi connectivity index (χ4v) is 4.26. The summed E-state index contributed by atoms with van der Waals surface area (Å²) in [5.74, 6) is 0.0231. The second kappa shape index (κ2) is 10.2. The number of hydrogen-bond donors (Lipinski definition) is 1. The van der Waals surface area contributed by atoms with Crippen LogP contribution in [0.15, 0.2) is 77.7 Å². The van der Waals surface area contributed by atoms with Crippen molar-refractivity contribution in [3.8, 4) is 11.5 Å². The number of para-hydroxylation sites is 1. The largest absolute Gasteiger partial charge is 0.493 e. The molecule has 0 saturated heterocycles. The van der Waals surface area contributed by atoms with Crippen LogP contribution in [-0.2, 0) is 14.8 Å². The van der Waals surface area contributed by atoms with Crippen molar-refractivity contribution in [1.29, 1.82) is 0 Å². The third kappa shape index (κ3) is 5.69. The highest BCUT2D eigenvalue weighted by molar-refractivity contribution is 7.92. The first-order valence-electron chi connectivity index (χ1n) is 9.98. The average Bonchev–Trinajstić information content (AvgIpc) is 2.82. The number of Topliss-reactive ketones (excluding diaryl/α,β-unsaturated/α-hetero) is 1. The van der Waals surface area contributed by atoms with Crippen LogP contribution in [0, 0.1) is 0 Å². The molecule has 0 aliphatic heterocycles. The van der Waals surface area contributed by atoms with E-state index in [0.29, 0.717) is 28.4 Å². The Morgan fingerprint density at radius 2 is 1.67 bits per heavy atom. The number of amides is 1. The van der Waals surface area contributed by atoms with Gasteiger partial charge in [0.2, 0.25) is 0 Å². The summed E-state index contributed by atoms with van der Waals surface area (Å²) in [5, 5.41) is 2.63. The van der Waals surface area contributed by atoms with E-state index in [9.17, 15) is 18.0 Å². The molecule has 0 bridgehead atoms. The molecule has 172 valence electrons. The summed E-state index contributed by atoms with van der Waals surface area (Å²) in [7, 11) is -0.917. The summed E-state index contributed by atoms with van der Waals surface area (Å²) < 4.78 is 37.9. The van der Waals surface area contributed by atoms with Crippen molar-refractivity contribution in [2.45, 2.75) is 11.8 Å². The van der Waals surface area contributed by atoms with Crippen LogP contribution in [-0.4, -0.2) is 40.9 Å². The molecule has 1 amide bonds. The van der Waals surface area contributed by atoms with Gasteiger partial charge in [0.25, 0.3) is 15.9 Å². The number of sulfonamides is 1. The van der Waals surface area contributed by atoms with Gasteiger partial charge >= 0.3 is 0 Å². The van der Waals surface area contributed by atoms with Crippen molar-refractivity contribution < 1.29 is 27.5 Å². The first kappa shape index (κ1) is 23.8. The lowest BCUT2D eigenvalue weighted by Gasteiger charge is -2.20. The van der Waals surface area contributed by atoms with Gasteiger partial charge < -0.3 is 14.8 Å². The zero-order chi connectivity index (χ0) is 24.0. The fourth-order valence-electron chi connectivity index (χ4n) is 3.02. The fraction of sp³-hybridized carbons (Fsp3) is 0.167. The molecule has 33 heavy (non-hydrogen) atoms. The maximum Gasteiger partial charge on any atom is 0.264 e. The first-order valence-corrected chi connectivity index (χ1v) is 11.4. The molecule has 0 aliphatic rings. The predicted molar refractivity (Wildman–Crippen MR) is 126 cm³/mol. The monoisotopic (exact) mass is 468 g/mol. The number of carbonyl (C=O) groups excluding carboxylic acids is 2. The van der Waals surface area contributed by atoms with Crippen molar-refractivity contribution in [2.24, 2.45) is 0 Å². The molecule has 0 aromatic heterocycles. The number of methoxy groups -OCH3 is 1. The van der Waals surface area contributed by atoms with Crippen molar-refractivity contribution >= 4 is 33.1 Å². The molecule has 8 nitrogen and oxygen atoms in total. The number of nitrogens with one attached hydrogen (secondary N) is 1. The van der Waals surface area contributed by atoms with Gasteiger partial charge in [-0.1, -0.05) is 24.3 Å². The van der Waals surface area contributed by atoms with E-state index in [1.807, 2.05) is 0 Å². The highest BCUT2D eigenvalue weighted by Crippen LogP contribution is 2.28. The van der Waals surface area contributed by atoms with Crippen LogP contribution in [0.5, 0.6) is 11.5 Å². The van der Waals surface area contributed by atoms with Gasteiger partial charge in [-0.25, -0.2) is 8.42 Å². The normalized spacial score (nSPS) is 10.9. The lowest BCUT2D eigenvalue weighted by molar-refractivity contribution is -0.118. The highest BCUT2D eigenvalue weighted by Gasteiger charge is 2.21. The molecule has 3 aromatic carbocycles. The van der Waals surface area contributed by atoms with Gasteiger partial charge in [0.05, 0.1) is 17.7 Å². The van der Waals surface area contributed by atoms with Crippen LogP contribution in [0.3, 0.4) is 0 Å². The predicted octanol–water partition coefficient (Wildman–Crippen LogP) is 3.74. The number of rotatable bonds is 9. The third-order valence-corrected chi connectivity index (χ3v) is 6.61. The minimum Gasteiger partial charge on any atom is -0.493 e. The van der Waals surface area contributed by atoms with Gasteiger partial charge in [0.15, 0.2) is 23.9 Å². The Kier molecular flexibility index (Phi) is 7.34. The van der Waals surface area contributed by atoms with E-state index in [2.05, 4.69) is 5.32 Å². The molecule has 0 unspecified atom stereocenters. The number of hydrogen-bond acceptors (Lipinski definition) is 6. The van der Waals surface area contributed by atoms with Gasteiger partial charge in [-0.15, -0.1) is 0 Å². The average molecular weight is 469 g/mol. The zero-order valence-corrected chi connectivity index (χ0v) is 19.3. The minimum atomic E-state index is -3.82. The molecular weight excluding hydrogens is 444 g/mol. The van der Waals surface area contributed by atoms with E-state index in [-0.39, 0.29) is 17.3 Å². The van der Waals surface area contributed by atoms with Crippen molar-refractivity contribution in [3.63, 3.8) is 0 Å². The quantitative estimate of drug-likeness (QED) is 0.480. The topological polar surface area (TPSA) is 102 Å². The van der Waals surface area contributed by atoms with Crippen LogP contribution in [0.25, 0.3) is 0 Å². The molecule has 0 radical (unpaired) electrons. The number of nitrogens with zero attached hydrogens (tertiary/aromatic N) is 1. The molecule has 0 heterocycles. The molecule has 0 spiro atoms. The van der Waals surface area contributed by atoms with Crippen LogP contribution < -0.4 is 19.1 Å². The van der Waals surface area contributed by atoms with Crippen LogP contribution in [0.1, 0.15) is 17.3 Å². The van der Waals surface area contributed by atoms with Crippen molar-refractivity contribution in [2.75, 3.05) is 30.4 Å². The molecule has 0 saturated carbocycles. The van der Waals surface area contributed by atoms with Gasteiger partial charge in [-0.2, -0.15) is 0 Å². The highest BCUT2D eigenvalue weighted by atomic mass is 32.2. The van der Waals surface area contributed by atoms with Crippen molar-refractivity contribution in [1.82, 2.24) is 0 Å². The molecular formula is C24H24N2O6S. The van der Waals surface area contributed by atoms with Gasteiger partial charge in [0.1, 0.15) is 0 Å². The Morgan fingerprint density at radius 3 is 2.33 bits per heavy atom. The minimum absolute atomic E-state index is 0.0362. The Morgan fingerprint density at radius 1 is 0.939 bits per heavy atom. The molecule has 3 aromatic rings. The van der Waals surface area contributed by atoms with Gasteiger partial charge in [-0.3, -0.25) is 13.9 Å². The lowest BCUT2D eigenvalue weighted by atomic mass is 10.1. The molecule has 9 heteroatoms. The maximum absolute atomic E-state index is 13.0. The first-order chi connectivity index (χ1) is 15.7. The molecule has 0 fully saturated rings. The van der Waals surface area contributed by atoms with Crippen LogP contribution >= 0.6 is 0 Å². The number of anilines is 2. The SMILES string of the molecule is COc1cc(C(C)=O)ccc1OCC(=O)Nc1cccc(S(=O)(=O)N(C)c2ccccc2)c1. The van der Waals surface area contributed by atoms with Gasteiger partial charge in [0, 0.05) is 18.3 Å². The second-order valence-corrected chi connectivity index (χ2v) is 9.06. The standard InChI is InChI=1S/C24H24N2O6S/c1-17(27)18-12-13-22(23(14-18)31-3)32-16-24(28)25-19-8-7-11-21(15-19)33(29,30)26(2)20-9-5-4-6-10-20/h4-15H,16H2,1-3H3,(H,25,28). The summed E-state index contributed by atoms with van der Waals surface area (Å²) in [6, 6.07) is 19.3. The summed E-state index contributed by atoms with van der Waals surface area (Å²) >= 11 is 0. The van der Waals surface area contributed by atoms with E-state index in [4.69, 9.17) is 9.47 Å². The van der Waals surface area contributed by atoms with Gasteiger partial charge in [-0.05, 0) is 55.5 Å². The summed E-state index contributed by atoms with van der Waals surface area (Å²) in [5.41, 5.74) is 1.29. The Labute approximate surface area is 192 Å². The summed E-state index contributed by atoms with van der Waals surface area (Å²) in [6.45, 7) is 1.10. The molecule has 3 rings (SSSR count). The summed E-state index contributed by atoms with van der Waals surface area (Å²) in [6.07, 6.45) is 0. The van der Waals surface area contributed by atoms with E-state index >= 15 is 0 Å². The van der Waals surface area contributed by atoms with E-state index < -0.39 is 15.9 Å². The molecule has 0 atom stereocenters. The third-order valence-electron chi connectivity index (χ3n) is 4.82. The van der Waals surface area contributed by atoms with Crippen molar-refractivity contribution in [3.05, 3.63) is 78.4 Å². The number of benzene rings is 3. The number of carbonyl (C=O) groups is 2. The number of ether oxygens (including phenoxy) is 2. The van der Waals surface area contributed by atoms with Crippen LogP contribution in [0.4, 0.5) is 11.4 Å². The second-order valence-electron chi connectivity index (χ2n) is 7.09. The lowest BCUT2D eigenvalue weighted by Crippen LogP contribution is -2.26. The Bertz CT molecular complexity index is 1260.